The van der Waals surface area contributed by atoms with Gasteiger partial charge in [-0.2, -0.15) is 0 Å². The summed E-state index contributed by atoms with van der Waals surface area (Å²) in [6.07, 6.45) is -2.45. The van der Waals surface area contributed by atoms with E-state index in [-0.39, 0.29) is 5.56 Å². The van der Waals surface area contributed by atoms with E-state index in [4.69, 9.17) is 11.6 Å². The van der Waals surface area contributed by atoms with Crippen LogP contribution in [-0.4, -0.2) is 0 Å². The van der Waals surface area contributed by atoms with Gasteiger partial charge in [-0.05, 0) is 12.1 Å². The van der Waals surface area contributed by atoms with Gasteiger partial charge in [0.2, 0.25) is 0 Å². The highest BCUT2D eigenvalue weighted by Crippen LogP contribution is 2.39. The van der Waals surface area contributed by atoms with Gasteiger partial charge < -0.3 is 0 Å². The van der Waals surface area contributed by atoms with E-state index in [1.54, 1.807) is 6.07 Å². The maximum atomic E-state index is 12.4. The molecular weight excluding hydrogens is 246 g/mol. The quantitative estimate of drug-likeness (QED) is 0.692. The van der Waals surface area contributed by atoms with Crippen molar-refractivity contribution in [3.8, 4) is 0 Å². The standard InChI is InChI=1S/C9H5ClF2S2/c10-8-7(13)5-3-4(9(11)12)1-2-6(5)14-8/h1-3,9,13H. The van der Waals surface area contributed by atoms with E-state index in [0.29, 0.717) is 14.6 Å². The van der Waals surface area contributed by atoms with Crippen LogP contribution in [0.25, 0.3) is 10.1 Å². The third kappa shape index (κ3) is 1.62. The Morgan fingerprint density at radius 2 is 2.07 bits per heavy atom. The second kappa shape index (κ2) is 3.68. The lowest BCUT2D eigenvalue weighted by molar-refractivity contribution is 0.151. The molecule has 5 heteroatoms. The van der Waals surface area contributed by atoms with Crippen molar-refractivity contribution in [3.05, 3.63) is 28.1 Å². The Hall–Kier alpha value is -0.320. The van der Waals surface area contributed by atoms with Crippen molar-refractivity contribution in [3.63, 3.8) is 0 Å². The van der Waals surface area contributed by atoms with Crippen LogP contribution in [0.5, 0.6) is 0 Å². The zero-order valence-electron chi connectivity index (χ0n) is 6.80. The van der Waals surface area contributed by atoms with Crippen LogP contribution < -0.4 is 0 Å². The molecule has 0 aliphatic rings. The summed E-state index contributed by atoms with van der Waals surface area (Å²) in [5, 5.41) is 0.695. The number of halogens is 3. The van der Waals surface area contributed by atoms with Crippen LogP contribution in [0.2, 0.25) is 4.34 Å². The predicted octanol–water partition coefficient (Wildman–Crippen LogP) is 4.78. The Kier molecular flexibility index (Phi) is 2.68. The van der Waals surface area contributed by atoms with Crippen LogP contribution in [0.15, 0.2) is 23.1 Å². The molecule has 0 N–H and O–H groups in total. The van der Waals surface area contributed by atoms with Gasteiger partial charge in [-0.15, -0.1) is 24.0 Å². The lowest BCUT2D eigenvalue weighted by Gasteiger charge is -1.98. The average Bonchev–Trinajstić information content (AvgIpc) is 2.43. The largest absolute Gasteiger partial charge is 0.263 e. The van der Waals surface area contributed by atoms with Crippen molar-refractivity contribution >= 4 is 45.7 Å². The Morgan fingerprint density at radius 1 is 1.36 bits per heavy atom. The maximum absolute atomic E-state index is 12.4. The summed E-state index contributed by atoms with van der Waals surface area (Å²) in [4.78, 5) is 0.578. The molecule has 0 fully saturated rings. The number of hydrogen-bond donors (Lipinski definition) is 1. The van der Waals surface area contributed by atoms with E-state index in [1.165, 1.54) is 23.5 Å². The number of rotatable bonds is 1. The Balaban J connectivity index is 2.69. The van der Waals surface area contributed by atoms with Crippen molar-refractivity contribution in [1.82, 2.24) is 0 Å². The molecule has 0 aliphatic heterocycles. The smallest absolute Gasteiger partial charge is 0.205 e. The first-order valence-electron chi connectivity index (χ1n) is 3.78. The first-order valence-corrected chi connectivity index (χ1v) is 5.43. The zero-order chi connectivity index (χ0) is 10.3. The highest BCUT2D eigenvalue weighted by Gasteiger charge is 2.11. The summed E-state index contributed by atoms with van der Waals surface area (Å²) in [6, 6.07) is 4.49. The fraction of sp³-hybridized carbons (Fsp3) is 0.111. The first-order chi connectivity index (χ1) is 6.59. The fourth-order valence-corrected chi connectivity index (χ4v) is 2.76. The molecule has 0 nitrogen and oxygen atoms in total. The highest BCUT2D eigenvalue weighted by molar-refractivity contribution is 7.81. The van der Waals surface area contributed by atoms with E-state index in [1.807, 2.05) is 0 Å². The minimum absolute atomic E-state index is 0.00210. The van der Waals surface area contributed by atoms with E-state index < -0.39 is 6.43 Å². The number of fused-ring (bicyclic) bond motifs is 1. The van der Waals surface area contributed by atoms with Gasteiger partial charge in [0.25, 0.3) is 6.43 Å². The van der Waals surface area contributed by atoms with Gasteiger partial charge in [-0.1, -0.05) is 17.7 Å². The van der Waals surface area contributed by atoms with Crippen molar-refractivity contribution in [2.75, 3.05) is 0 Å². The molecule has 0 saturated carbocycles. The van der Waals surface area contributed by atoms with Gasteiger partial charge in [0.05, 0.1) is 0 Å². The molecule has 0 radical (unpaired) electrons. The second-order valence-corrected chi connectivity index (χ2v) is 4.88. The Labute approximate surface area is 93.9 Å². The normalized spacial score (nSPS) is 11.5. The molecule has 74 valence electrons. The van der Waals surface area contributed by atoms with E-state index >= 15 is 0 Å². The SMILES string of the molecule is FC(F)c1ccc2sc(Cl)c(S)c2c1. The van der Waals surface area contributed by atoms with Gasteiger partial charge in [0, 0.05) is 20.5 Å². The average molecular weight is 251 g/mol. The highest BCUT2D eigenvalue weighted by atomic mass is 35.5. The monoisotopic (exact) mass is 250 g/mol. The summed E-state index contributed by atoms with van der Waals surface area (Å²) in [5.41, 5.74) is 0.00210. The number of thiophene rings is 1. The third-order valence-corrected chi connectivity index (χ3v) is 4.02. The number of thiol groups is 1. The Morgan fingerprint density at radius 3 is 2.71 bits per heavy atom. The zero-order valence-corrected chi connectivity index (χ0v) is 9.27. The van der Waals surface area contributed by atoms with Crippen molar-refractivity contribution in [1.29, 1.82) is 0 Å². The van der Waals surface area contributed by atoms with Crippen molar-refractivity contribution in [2.45, 2.75) is 11.3 Å². The number of benzene rings is 1. The van der Waals surface area contributed by atoms with E-state index in [9.17, 15) is 8.78 Å². The van der Waals surface area contributed by atoms with Crippen LogP contribution >= 0.6 is 35.6 Å². The van der Waals surface area contributed by atoms with E-state index in [0.717, 1.165) is 4.70 Å². The molecule has 0 spiro atoms. The number of hydrogen-bond acceptors (Lipinski definition) is 2. The van der Waals surface area contributed by atoms with Gasteiger partial charge in [-0.3, -0.25) is 0 Å². The Bertz CT molecular complexity index is 479. The molecule has 0 amide bonds. The molecule has 0 atom stereocenters. The molecule has 0 saturated heterocycles. The second-order valence-electron chi connectivity index (χ2n) is 2.78. The third-order valence-electron chi connectivity index (χ3n) is 1.90. The van der Waals surface area contributed by atoms with Gasteiger partial charge in [0.15, 0.2) is 0 Å². The van der Waals surface area contributed by atoms with Gasteiger partial charge in [0.1, 0.15) is 4.34 Å². The van der Waals surface area contributed by atoms with Crippen LogP contribution in [0.1, 0.15) is 12.0 Å². The van der Waals surface area contributed by atoms with Crippen molar-refractivity contribution < 1.29 is 8.78 Å². The summed E-state index contributed by atoms with van der Waals surface area (Å²) in [7, 11) is 0. The predicted molar refractivity (Wildman–Crippen MR) is 59.0 cm³/mol. The lowest BCUT2D eigenvalue weighted by atomic mass is 10.2. The van der Waals surface area contributed by atoms with Crippen LogP contribution in [-0.2, 0) is 0 Å². The minimum Gasteiger partial charge on any atom is -0.205 e. The minimum atomic E-state index is -2.45. The molecule has 1 heterocycles. The summed E-state index contributed by atoms with van der Waals surface area (Å²) in [5.74, 6) is 0. The molecule has 1 aromatic carbocycles. The van der Waals surface area contributed by atoms with Gasteiger partial charge >= 0.3 is 0 Å². The van der Waals surface area contributed by atoms with E-state index in [2.05, 4.69) is 12.6 Å². The molecule has 14 heavy (non-hydrogen) atoms. The molecule has 2 aromatic rings. The molecule has 0 unspecified atom stereocenters. The lowest BCUT2D eigenvalue weighted by Crippen LogP contribution is -1.81. The number of alkyl halides is 2. The first kappa shape index (κ1) is 10.2. The maximum Gasteiger partial charge on any atom is 0.263 e. The van der Waals surface area contributed by atoms with Gasteiger partial charge in [-0.25, -0.2) is 8.78 Å². The van der Waals surface area contributed by atoms with Crippen LogP contribution in [0.3, 0.4) is 0 Å². The fourth-order valence-electron chi connectivity index (χ4n) is 1.21. The molecule has 0 bridgehead atoms. The molecule has 2 rings (SSSR count). The summed E-state index contributed by atoms with van der Waals surface area (Å²) in [6.45, 7) is 0. The molecule has 0 aliphatic carbocycles. The van der Waals surface area contributed by atoms with Crippen LogP contribution in [0.4, 0.5) is 8.78 Å². The topological polar surface area (TPSA) is 0 Å². The van der Waals surface area contributed by atoms with Crippen molar-refractivity contribution in [2.24, 2.45) is 0 Å². The molecular formula is C9H5ClF2S2. The summed E-state index contributed by atoms with van der Waals surface area (Å²) < 4.78 is 26.2. The molecule has 1 aromatic heterocycles. The van der Waals surface area contributed by atoms with Crippen LogP contribution in [0, 0.1) is 0 Å². The summed E-state index contributed by atoms with van der Waals surface area (Å²) >= 11 is 11.3.